The number of benzene rings is 2. The summed E-state index contributed by atoms with van der Waals surface area (Å²) in [6, 6.07) is 11.6. The predicted octanol–water partition coefficient (Wildman–Crippen LogP) is 5.70. The summed E-state index contributed by atoms with van der Waals surface area (Å²) in [5.74, 6) is 0.861. The van der Waals surface area contributed by atoms with Crippen molar-refractivity contribution in [3.63, 3.8) is 0 Å². The Balaban J connectivity index is 2.16. The summed E-state index contributed by atoms with van der Waals surface area (Å²) in [6.07, 6.45) is 0.976. The van der Waals surface area contributed by atoms with Crippen molar-refractivity contribution in [3.8, 4) is 5.75 Å². The van der Waals surface area contributed by atoms with E-state index < -0.39 is 0 Å². The third-order valence-electron chi connectivity index (χ3n) is 3.12. The van der Waals surface area contributed by atoms with E-state index in [1.807, 2.05) is 37.3 Å². The van der Waals surface area contributed by atoms with Gasteiger partial charge in [0.15, 0.2) is 0 Å². The molecule has 0 unspecified atom stereocenters. The number of nitrogens with one attached hydrogen (secondary N) is 1. The van der Waals surface area contributed by atoms with E-state index in [1.54, 1.807) is 0 Å². The molecule has 0 heterocycles. The summed E-state index contributed by atoms with van der Waals surface area (Å²) in [5.41, 5.74) is 3.01. The van der Waals surface area contributed by atoms with Gasteiger partial charge in [-0.25, -0.2) is 0 Å². The third-order valence-corrected chi connectivity index (χ3v) is 3.82. The van der Waals surface area contributed by atoms with Crippen molar-refractivity contribution in [2.45, 2.75) is 26.8 Å². The van der Waals surface area contributed by atoms with Gasteiger partial charge in [-0.15, -0.1) is 0 Å². The molecule has 0 aliphatic carbocycles. The number of anilines is 1. The lowest BCUT2D eigenvalue weighted by atomic mass is 10.2. The minimum Gasteiger partial charge on any atom is -0.491 e. The Bertz CT molecular complexity index is 593. The fourth-order valence-electron chi connectivity index (χ4n) is 1.99. The molecule has 112 valence electrons. The van der Waals surface area contributed by atoms with Gasteiger partial charge in [0.05, 0.1) is 12.3 Å². The lowest BCUT2D eigenvalue weighted by Gasteiger charge is -2.15. The molecule has 2 nitrogen and oxygen atoms in total. The van der Waals surface area contributed by atoms with E-state index in [2.05, 4.69) is 18.3 Å². The van der Waals surface area contributed by atoms with E-state index >= 15 is 0 Å². The molecule has 2 aromatic rings. The van der Waals surface area contributed by atoms with Crippen LogP contribution in [0.3, 0.4) is 0 Å². The predicted molar refractivity (Wildman–Crippen MR) is 90.8 cm³/mol. The molecule has 0 saturated carbocycles. The molecule has 0 radical (unpaired) electrons. The van der Waals surface area contributed by atoms with E-state index in [1.165, 1.54) is 5.56 Å². The van der Waals surface area contributed by atoms with Crippen molar-refractivity contribution in [3.05, 3.63) is 57.6 Å². The van der Waals surface area contributed by atoms with Crippen LogP contribution in [0.1, 0.15) is 24.5 Å². The summed E-state index contributed by atoms with van der Waals surface area (Å²) in [6.45, 7) is 5.40. The van der Waals surface area contributed by atoms with E-state index in [0.29, 0.717) is 23.2 Å². The van der Waals surface area contributed by atoms with Crippen LogP contribution in [0.4, 0.5) is 5.69 Å². The largest absolute Gasteiger partial charge is 0.491 e. The van der Waals surface area contributed by atoms with Crippen LogP contribution >= 0.6 is 23.2 Å². The van der Waals surface area contributed by atoms with E-state index in [4.69, 9.17) is 27.9 Å². The second-order valence-electron chi connectivity index (χ2n) is 4.90. The summed E-state index contributed by atoms with van der Waals surface area (Å²) in [5, 5.41) is 4.68. The first kappa shape index (κ1) is 16.0. The molecular formula is C17H19Cl2NO. The molecule has 0 spiro atoms. The second kappa shape index (κ2) is 7.58. The van der Waals surface area contributed by atoms with Gasteiger partial charge in [0.1, 0.15) is 5.75 Å². The molecule has 2 rings (SSSR count). The molecule has 0 fully saturated rings. The maximum Gasteiger partial charge on any atom is 0.142 e. The normalized spacial score (nSPS) is 10.5. The Morgan fingerprint density at radius 1 is 1.10 bits per heavy atom. The summed E-state index contributed by atoms with van der Waals surface area (Å²) in [4.78, 5) is 0. The number of aryl methyl sites for hydroxylation is 1. The topological polar surface area (TPSA) is 21.3 Å². The molecule has 4 heteroatoms. The fourth-order valence-corrected chi connectivity index (χ4v) is 2.52. The van der Waals surface area contributed by atoms with Crippen molar-refractivity contribution in [2.75, 3.05) is 11.9 Å². The molecule has 0 atom stereocenters. The van der Waals surface area contributed by atoms with Gasteiger partial charge in [-0.2, -0.15) is 0 Å². The maximum absolute atomic E-state index is 6.19. The van der Waals surface area contributed by atoms with Crippen LogP contribution in [0.25, 0.3) is 0 Å². The van der Waals surface area contributed by atoms with Gasteiger partial charge in [0.2, 0.25) is 0 Å². The Morgan fingerprint density at radius 3 is 2.48 bits per heavy atom. The lowest BCUT2D eigenvalue weighted by molar-refractivity contribution is 0.318. The molecule has 0 bridgehead atoms. The van der Waals surface area contributed by atoms with Crippen LogP contribution in [-0.2, 0) is 6.54 Å². The average Bonchev–Trinajstić information content (AvgIpc) is 2.46. The highest BCUT2D eigenvalue weighted by atomic mass is 35.5. The van der Waals surface area contributed by atoms with E-state index in [0.717, 1.165) is 23.4 Å². The number of halogens is 2. The average molecular weight is 324 g/mol. The number of ether oxygens (including phenoxy) is 1. The van der Waals surface area contributed by atoms with Crippen LogP contribution in [0, 0.1) is 6.92 Å². The monoisotopic (exact) mass is 323 g/mol. The van der Waals surface area contributed by atoms with Gasteiger partial charge in [-0.3, -0.25) is 0 Å². The van der Waals surface area contributed by atoms with Gasteiger partial charge in [-0.05, 0) is 43.2 Å². The number of hydrogen-bond donors (Lipinski definition) is 1. The first-order chi connectivity index (χ1) is 10.1. The molecule has 0 saturated heterocycles. The minimum absolute atomic E-state index is 0.560. The molecule has 1 N–H and O–H groups in total. The number of rotatable bonds is 6. The second-order valence-corrected chi connectivity index (χ2v) is 5.72. The van der Waals surface area contributed by atoms with Crippen molar-refractivity contribution < 1.29 is 4.74 Å². The van der Waals surface area contributed by atoms with Crippen LogP contribution in [-0.4, -0.2) is 6.61 Å². The standard InChI is InChI=1S/C17H19Cl2NO/c1-3-9-21-17-10-12(2)7-8-16(17)20-11-13-14(18)5-4-6-15(13)19/h4-8,10,20H,3,9,11H2,1-2H3. The highest BCUT2D eigenvalue weighted by Gasteiger charge is 2.08. The zero-order valence-electron chi connectivity index (χ0n) is 12.2. The first-order valence-electron chi connectivity index (χ1n) is 7.02. The van der Waals surface area contributed by atoms with Crippen LogP contribution in [0.2, 0.25) is 10.0 Å². The maximum atomic E-state index is 6.19. The zero-order chi connectivity index (χ0) is 15.2. The van der Waals surface area contributed by atoms with Crippen LogP contribution in [0.5, 0.6) is 5.75 Å². The molecule has 21 heavy (non-hydrogen) atoms. The van der Waals surface area contributed by atoms with Crippen molar-refractivity contribution in [1.29, 1.82) is 0 Å². The summed E-state index contributed by atoms with van der Waals surface area (Å²) in [7, 11) is 0. The third kappa shape index (κ3) is 4.29. The summed E-state index contributed by atoms with van der Waals surface area (Å²) < 4.78 is 5.79. The Hall–Kier alpha value is -1.38. The Morgan fingerprint density at radius 2 is 1.81 bits per heavy atom. The molecule has 0 amide bonds. The van der Waals surface area contributed by atoms with Crippen molar-refractivity contribution in [2.24, 2.45) is 0 Å². The fraction of sp³-hybridized carbons (Fsp3) is 0.294. The smallest absolute Gasteiger partial charge is 0.142 e. The summed E-state index contributed by atoms with van der Waals surface area (Å²) >= 11 is 12.4. The molecule has 0 aliphatic rings. The molecular weight excluding hydrogens is 305 g/mol. The quantitative estimate of drug-likeness (QED) is 0.735. The molecule has 0 aliphatic heterocycles. The van der Waals surface area contributed by atoms with Crippen molar-refractivity contribution in [1.82, 2.24) is 0 Å². The highest BCUT2D eigenvalue weighted by molar-refractivity contribution is 6.36. The Kier molecular flexibility index (Phi) is 5.77. The van der Waals surface area contributed by atoms with Crippen molar-refractivity contribution >= 4 is 28.9 Å². The highest BCUT2D eigenvalue weighted by Crippen LogP contribution is 2.29. The Labute approximate surface area is 136 Å². The zero-order valence-corrected chi connectivity index (χ0v) is 13.8. The SMILES string of the molecule is CCCOc1cc(C)ccc1NCc1c(Cl)cccc1Cl. The van der Waals surface area contributed by atoms with Gasteiger partial charge < -0.3 is 10.1 Å². The van der Waals surface area contributed by atoms with Gasteiger partial charge >= 0.3 is 0 Å². The number of hydrogen-bond acceptors (Lipinski definition) is 2. The molecule has 0 aromatic heterocycles. The van der Waals surface area contributed by atoms with E-state index in [9.17, 15) is 0 Å². The molecule has 2 aromatic carbocycles. The lowest BCUT2D eigenvalue weighted by Crippen LogP contribution is -2.04. The van der Waals surface area contributed by atoms with Gasteiger partial charge in [0.25, 0.3) is 0 Å². The van der Waals surface area contributed by atoms with Gasteiger partial charge in [0, 0.05) is 22.2 Å². The van der Waals surface area contributed by atoms with Crippen LogP contribution < -0.4 is 10.1 Å². The van der Waals surface area contributed by atoms with E-state index in [-0.39, 0.29) is 0 Å². The minimum atomic E-state index is 0.560. The first-order valence-corrected chi connectivity index (χ1v) is 7.77. The van der Waals surface area contributed by atoms with Gasteiger partial charge in [-0.1, -0.05) is 42.3 Å². The van der Waals surface area contributed by atoms with Crippen LogP contribution in [0.15, 0.2) is 36.4 Å².